The maximum Gasteiger partial charge on any atom is 0.240 e. The fourth-order valence-corrected chi connectivity index (χ4v) is 9.31. The van der Waals surface area contributed by atoms with E-state index < -0.39 is 0 Å². The van der Waals surface area contributed by atoms with E-state index in [0.29, 0.717) is 17.7 Å². The Labute approximate surface area is 330 Å². The number of hydrogen-bond acceptors (Lipinski definition) is 4. The molecule has 0 spiro atoms. The lowest BCUT2D eigenvalue weighted by Crippen LogP contribution is -2.10. The highest BCUT2D eigenvalue weighted by molar-refractivity contribution is 6.21. The first-order valence-electron chi connectivity index (χ1n) is 19.5. The standard InChI is InChI=1S/C51H30N6O/c1-2-15-31(16-3-1)55-43-26-12-7-21-38(43)46-39(22-14-27-44(46)55)49-52-50(56-40-23-9-4-17-32(40)33-18-5-10-24-41(33)56)54-51(53-49)57-42-25-11-6-19-34(42)36-29-30-37-35-20-8-13-28-45(35)58-48(37)47(36)57/h1-30H. The Balaban J connectivity index is 1.20. The summed E-state index contributed by atoms with van der Waals surface area (Å²) in [7, 11) is 0. The molecule has 0 bridgehead atoms. The first-order valence-corrected chi connectivity index (χ1v) is 19.5. The Morgan fingerprint density at radius 1 is 0.345 bits per heavy atom. The summed E-state index contributed by atoms with van der Waals surface area (Å²) in [6, 6.07) is 63.6. The smallest absolute Gasteiger partial charge is 0.240 e. The molecular weight excluding hydrogens is 713 g/mol. The second kappa shape index (κ2) is 11.7. The highest BCUT2D eigenvalue weighted by Crippen LogP contribution is 2.42. The van der Waals surface area contributed by atoms with E-state index in [9.17, 15) is 0 Å². The molecule has 13 rings (SSSR count). The topological polar surface area (TPSA) is 66.6 Å². The zero-order valence-corrected chi connectivity index (χ0v) is 30.9. The summed E-state index contributed by atoms with van der Waals surface area (Å²) in [5.74, 6) is 1.61. The Morgan fingerprint density at radius 2 is 0.862 bits per heavy atom. The van der Waals surface area contributed by atoms with Gasteiger partial charge in [-0.15, -0.1) is 0 Å². The van der Waals surface area contributed by atoms with Crippen molar-refractivity contribution in [3.05, 3.63) is 182 Å². The molecule has 5 heterocycles. The zero-order chi connectivity index (χ0) is 37.9. The number of nitrogens with zero attached hydrogens (tertiary/aromatic N) is 6. The summed E-state index contributed by atoms with van der Waals surface area (Å²) in [5, 5.41) is 8.74. The van der Waals surface area contributed by atoms with Crippen molar-refractivity contribution in [3.8, 4) is 29.0 Å². The van der Waals surface area contributed by atoms with E-state index in [1.807, 2.05) is 12.1 Å². The Kier molecular flexibility index (Phi) is 6.32. The molecule has 270 valence electrons. The molecular formula is C51H30N6O. The second-order valence-electron chi connectivity index (χ2n) is 14.8. The van der Waals surface area contributed by atoms with Crippen LogP contribution in [0.15, 0.2) is 186 Å². The molecule has 5 aromatic heterocycles. The van der Waals surface area contributed by atoms with Crippen LogP contribution < -0.4 is 0 Å². The molecule has 0 aliphatic carbocycles. The molecule has 0 aliphatic heterocycles. The van der Waals surface area contributed by atoms with Crippen LogP contribution in [0.1, 0.15) is 0 Å². The van der Waals surface area contributed by atoms with Gasteiger partial charge in [0.15, 0.2) is 11.4 Å². The fraction of sp³-hybridized carbons (Fsp3) is 0. The molecule has 58 heavy (non-hydrogen) atoms. The van der Waals surface area contributed by atoms with Crippen molar-refractivity contribution in [1.82, 2.24) is 28.7 Å². The Morgan fingerprint density at radius 3 is 1.57 bits per heavy atom. The summed E-state index contributed by atoms with van der Waals surface area (Å²) in [6.07, 6.45) is 0. The monoisotopic (exact) mass is 742 g/mol. The van der Waals surface area contributed by atoms with Gasteiger partial charge in [0.1, 0.15) is 11.1 Å². The normalized spacial score (nSPS) is 12.1. The number of aromatic nitrogens is 6. The molecule has 0 unspecified atom stereocenters. The van der Waals surface area contributed by atoms with Crippen molar-refractivity contribution in [2.24, 2.45) is 0 Å². The lowest BCUT2D eigenvalue weighted by atomic mass is 10.1. The van der Waals surface area contributed by atoms with E-state index in [0.717, 1.165) is 98.6 Å². The van der Waals surface area contributed by atoms with Gasteiger partial charge >= 0.3 is 0 Å². The summed E-state index contributed by atoms with van der Waals surface area (Å²) in [5.41, 5.74) is 9.77. The molecule has 0 N–H and O–H groups in total. The van der Waals surface area contributed by atoms with Gasteiger partial charge in [0.2, 0.25) is 11.9 Å². The van der Waals surface area contributed by atoms with Crippen LogP contribution in [0.2, 0.25) is 0 Å². The summed E-state index contributed by atoms with van der Waals surface area (Å²) >= 11 is 0. The van der Waals surface area contributed by atoms with Crippen LogP contribution in [0.4, 0.5) is 0 Å². The van der Waals surface area contributed by atoms with Crippen LogP contribution in [-0.2, 0) is 0 Å². The van der Waals surface area contributed by atoms with Crippen molar-refractivity contribution in [2.75, 3.05) is 0 Å². The predicted molar refractivity (Wildman–Crippen MR) is 236 cm³/mol. The van der Waals surface area contributed by atoms with Gasteiger partial charge < -0.3 is 8.98 Å². The maximum absolute atomic E-state index is 6.74. The number of benzene rings is 8. The van der Waals surface area contributed by atoms with E-state index in [-0.39, 0.29) is 0 Å². The molecule has 7 heteroatoms. The lowest BCUT2D eigenvalue weighted by molar-refractivity contribution is 0.670. The number of fused-ring (bicyclic) bond motifs is 13. The quantitative estimate of drug-likeness (QED) is 0.180. The maximum atomic E-state index is 6.74. The Bertz CT molecular complexity index is 3760. The van der Waals surface area contributed by atoms with Crippen LogP contribution >= 0.6 is 0 Å². The van der Waals surface area contributed by atoms with E-state index in [1.165, 1.54) is 0 Å². The minimum Gasteiger partial charge on any atom is -0.454 e. The third-order valence-corrected chi connectivity index (χ3v) is 11.7. The molecule has 0 saturated carbocycles. The van der Waals surface area contributed by atoms with Crippen molar-refractivity contribution in [2.45, 2.75) is 0 Å². The molecule has 0 amide bonds. The van der Waals surface area contributed by atoms with E-state index in [2.05, 4.69) is 184 Å². The van der Waals surface area contributed by atoms with Crippen molar-refractivity contribution < 1.29 is 4.42 Å². The Hall–Kier alpha value is -8.03. The van der Waals surface area contributed by atoms with Crippen LogP contribution in [0, 0.1) is 0 Å². The van der Waals surface area contributed by atoms with Crippen molar-refractivity contribution in [1.29, 1.82) is 0 Å². The largest absolute Gasteiger partial charge is 0.454 e. The molecule has 0 atom stereocenters. The minimum absolute atomic E-state index is 0.504. The third kappa shape index (κ3) is 4.24. The van der Waals surface area contributed by atoms with Crippen LogP contribution in [-0.4, -0.2) is 28.7 Å². The van der Waals surface area contributed by atoms with Gasteiger partial charge in [-0.2, -0.15) is 15.0 Å². The second-order valence-corrected chi connectivity index (χ2v) is 14.8. The number of para-hydroxylation sites is 6. The van der Waals surface area contributed by atoms with E-state index >= 15 is 0 Å². The van der Waals surface area contributed by atoms with Crippen molar-refractivity contribution >= 4 is 87.4 Å². The van der Waals surface area contributed by atoms with Crippen LogP contribution in [0.5, 0.6) is 0 Å². The van der Waals surface area contributed by atoms with Gasteiger partial charge in [0.05, 0.1) is 27.6 Å². The summed E-state index contributed by atoms with van der Waals surface area (Å²) < 4.78 is 13.4. The van der Waals surface area contributed by atoms with Crippen LogP contribution in [0.25, 0.3) is 116 Å². The molecule has 0 fully saturated rings. The predicted octanol–water partition coefficient (Wildman–Crippen LogP) is 12.7. The summed E-state index contributed by atoms with van der Waals surface area (Å²) in [6.45, 7) is 0. The molecule has 0 aliphatic rings. The lowest BCUT2D eigenvalue weighted by Gasteiger charge is -2.13. The molecule has 8 aromatic carbocycles. The average Bonchev–Trinajstić information content (AvgIpc) is 4.03. The third-order valence-electron chi connectivity index (χ3n) is 11.7. The van der Waals surface area contributed by atoms with Crippen LogP contribution in [0.3, 0.4) is 0 Å². The van der Waals surface area contributed by atoms with Gasteiger partial charge in [0, 0.05) is 54.3 Å². The summed E-state index contributed by atoms with van der Waals surface area (Å²) in [4.78, 5) is 16.4. The van der Waals surface area contributed by atoms with E-state index in [4.69, 9.17) is 19.4 Å². The number of furan rings is 1. The van der Waals surface area contributed by atoms with Gasteiger partial charge in [0.25, 0.3) is 0 Å². The first-order chi connectivity index (χ1) is 28.8. The van der Waals surface area contributed by atoms with Gasteiger partial charge in [-0.25, -0.2) is 0 Å². The van der Waals surface area contributed by atoms with Crippen molar-refractivity contribution in [3.63, 3.8) is 0 Å². The highest BCUT2D eigenvalue weighted by atomic mass is 16.3. The molecule has 0 radical (unpaired) electrons. The highest BCUT2D eigenvalue weighted by Gasteiger charge is 2.25. The number of rotatable bonds is 4. The molecule has 0 saturated heterocycles. The van der Waals surface area contributed by atoms with Gasteiger partial charge in [-0.3, -0.25) is 9.13 Å². The van der Waals surface area contributed by atoms with Gasteiger partial charge in [-0.1, -0.05) is 127 Å². The molecule has 13 aromatic rings. The average molecular weight is 743 g/mol. The number of hydrogen-bond donors (Lipinski definition) is 0. The molecule has 7 nitrogen and oxygen atoms in total. The minimum atomic E-state index is 0.504. The van der Waals surface area contributed by atoms with Gasteiger partial charge in [-0.05, 0) is 54.6 Å². The SMILES string of the molecule is c1ccc(-n2c3ccccc3c3c(-c4nc(-n5c6ccccc6c6ccccc65)nc(-n5c6ccccc6c6ccc7c8ccccc8oc7c65)n4)cccc32)cc1. The fourth-order valence-electron chi connectivity index (χ4n) is 9.31. The first kappa shape index (κ1) is 31.2. The van der Waals surface area contributed by atoms with E-state index in [1.54, 1.807) is 0 Å². The zero-order valence-electron chi connectivity index (χ0n) is 30.9.